The Morgan fingerprint density at radius 3 is 2.41 bits per heavy atom. The second-order valence-electron chi connectivity index (χ2n) is 7.13. The van der Waals surface area contributed by atoms with Crippen molar-refractivity contribution in [2.45, 2.75) is 18.9 Å². The number of carbonyl (C=O) groups is 3. The van der Waals surface area contributed by atoms with Crippen LogP contribution in [-0.4, -0.2) is 59.9 Å². The van der Waals surface area contributed by atoms with Crippen LogP contribution in [0.15, 0.2) is 41.0 Å². The van der Waals surface area contributed by atoms with Crippen LogP contribution in [0.5, 0.6) is 0 Å². The number of halogens is 1. The second kappa shape index (κ2) is 8.16. The minimum atomic E-state index is -0.286. The molecule has 1 aliphatic carbocycles. The summed E-state index contributed by atoms with van der Waals surface area (Å²) in [7, 11) is 0. The van der Waals surface area contributed by atoms with Gasteiger partial charge in [0.25, 0.3) is 11.8 Å². The molecule has 0 radical (unpaired) electrons. The first kappa shape index (κ1) is 19.3. The minimum Gasteiger partial charge on any atom is -0.459 e. The molecule has 2 aromatic rings. The van der Waals surface area contributed by atoms with E-state index >= 15 is 0 Å². The fourth-order valence-electron chi connectivity index (χ4n) is 3.14. The molecule has 1 saturated carbocycles. The Balaban J connectivity index is 1.34. The molecule has 0 spiro atoms. The summed E-state index contributed by atoms with van der Waals surface area (Å²) in [6.07, 6.45) is 3.42. The molecular weight excluding hydrogens is 396 g/mol. The number of nitrogens with zero attached hydrogens (tertiary/aromatic N) is 2. The van der Waals surface area contributed by atoms with E-state index in [1.54, 1.807) is 40.1 Å². The van der Waals surface area contributed by atoms with Gasteiger partial charge < -0.3 is 24.9 Å². The van der Waals surface area contributed by atoms with Crippen LogP contribution in [0.25, 0.3) is 0 Å². The Kier molecular flexibility index (Phi) is 5.44. The highest BCUT2D eigenvalue weighted by Crippen LogP contribution is 2.24. The van der Waals surface area contributed by atoms with Crippen molar-refractivity contribution in [3.63, 3.8) is 0 Å². The molecule has 0 bridgehead atoms. The summed E-state index contributed by atoms with van der Waals surface area (Å²) in [5.74, 6) is -0.126. The van der Waals surface area contributed by atoms with Crippen LogP contribution in [0.4, 0.5) is 10.5 Å². The first-order chi connectivity index (χ1) is 14.0. The van der Waals surface area contributed by atoms with Crippen LogP contribution in [0.3, 0.4) is 0 Å². The van der Waals surface area contributed by atoms with Gasteiger partial charge in [0.2, 0.25) is 0 Å². The third-order valence-corrected chi connectivity index (χ3v) is 5.29. The topological polar surface area (TPSA) is 94.9 Å². The number of nitrogens with one attached hydrogen (secondary N) is 2. The van der Waals surface area contributed by atoms with E-state index in [0.29, 0.717) is 48.2 Å². The summed E-state index contributed by atoms with van der Waals surface area (Å²) < 4.78 is 5.14. The van der Waals surface area contributed by atoms with Gasteiger partial charge in [0.15, 0.2) is 5.76 Å². The molecule has 2 N–H and O–H groups in total. The van der Waals surface area contributed by atoms with E-state index in [1.165, 1.54) is 6.26 Å². The number of carbonyl (C=O) groups excluding carboxylic acids is 3. The van der Waals surface area contributed by atoms with Crippen LogP contribution in [0.1, 0.15) is 33.8 Å². The van der Waals surface area contributed by atoms with Gasteiger partial charge in [0, 0.05) is 37.9 Å². The molecule has 1 saturated heterocycles. The smallest absolute Gasteiger partial charge is 0.321 e. The largest absolute Gasteiger partial charge is 0.459 e. The number of amides is 4. The summed E-state index contributed by atoms with van der Waals surface area (Å²) in [4.78, 5) is 40.5. The summed E-state index contributed by atoms with van der Waals surface area (Å²) in [5, 5.41) is 6.03. The molecule has 2 heterocycles. The van der Waals surface area contributed by atoms with Crippen molar-refractivity contribution in [2.75, 3.05) is 31.5 Å². The molecule has 1 aliphatic heterocycles. The van der Waals surface area contributed by atoms with Crippen molar-refractivity contribution >= 4 is 35.1 Å². The van der Waals surface area contributed by atoms with Crippen molar-refractivity contribution in [3.8, 4) is 0 Å². The molecule has 29 heavy (non-hydrogen) atoms. The predicted octanol–water partition coefficient (Wildman–Crippen LogP) is 2.82. The number of hydrogen-bond donors (Lipinski definition) is 2. The lowest BCUT2D eigenvalue weighted by atomic mass is 10.2. The fraction of sp³-hybridized carbons (Fsp3) is 0.350. The van der Waals surface area contributed by atoms with Crippen molar-refractivity contribution in [3.05, 3.63) is 52.9 Å². The molecular formula is C20H21ClN4O4. The van der Waals surface area contributed by atoms with Gasteiger partial charge in [-0.1, -0.05) is 11.6 Å². The third kappa shape index (κ3) is 4.54. The van der Waals surface area contributed by atoms with Gasteiger partial charge in [0.05, 0.1) is 16.8 Å². The first-order valence-corrected chi connectivity index (χ1v) is 9.88. The van der Waals surface area contributed by atoms with Gasteiger partial charge in [-0.2, -0.15) is 0 Å². The monoisotopic (exact) mass is 416 g/mol. The van der Waals surface area contributed by atoms with E-state index in [-0.39, 0.29) is 23.9 Å². The zero-order valence-electron chi connectivity index (χ0n) is 15.7. The third-order valence-electron chi connectivity index (χ3n) is 4.96. The van der Waals surface area contributed by atoms with Crippen LogP contribution >= 0.6 is 11.6 Å². The van der Waals surface area contributed by atoms with Gasteiger partial charge in [-0.15, -0.1) is 0 Å². The molecule has 4 rings (SSSR count). The molecule has 2 fully saturated rings. The molecule has 1 aromatic heterocycles. The Bertz CT molecular complexity index is 919. The van der Waals surface area contributed by atoms with Crippen LogP contribution < -0.4 is 10.6 Å². The number of anilines is 1. The van der Waals surface area contributed by atoms with Crippen LogP contribution in [0, 0.1) is 0 Å². The van der Waals surface area contributed by atoms with Gasteiger partial charge in [0.1, 0.15) is 0 Å². The normalized spacial score (nSPS) is 16.4. The Morgan fingerprint density at radius 1 is 1.03 bits per heavy atom. The maximum Gasteiger partial charge on any atom is 0.321 e. The lowest BCUT2D eigenvalue weighted by molar-refractivity contribution is 0.0640. The van der Waals surface area contributed by atoms with E-state index in [4.69, 9.17) is 16.0 Å². The zero-order valence-corrected chi connectivity index (χ0v) is 16.4. The molecule has 2 aliphatic rings. The number of urea groups is 1. The SMILES string of the molecule is O=C(NC1CC1)c1cc(NC(=O)N2CCN(C(=O)c3ccco3)CC2)ccc1Cl. The molecule has 1 aromatic carbocycles. The fourth-order valence-corrected chi connectivity index (χ4v) is 3.34. The second-order valence-corrected chi connectivity index (χ2v) is 7.54. The zero-order chi connectivity index (χ0) is 20.4. The Hall–Kier alpha value is -3.00. The van der Waals surface area contributed by atoms with Crippen molar-refractivity contribution in [2.24, 2.45) is 0 Å². The number of rotatable bonds is 4. The van der Waals surface area contributed by atoms with Crippen LogP contribution in [-0.2, 0) is 0 Å². The van der Waals surface area contributed by atoms with Gasteiger partial charge in [-0.05, 0) is 43.2 Å². The molecule has 0 unspecified atom stereocenters. The van der Waals surface area contributed by atoms with E-state index in [2.05, 4.69) is 10.6 Å². The number of benzene rings is 1. The molecule has 8 nitrogen and oxygen atoms in total. The minimum absolute atomic E-state index is 0.181. The Labute approximate surface area is 172 Å². The van der Waals surface area contributed by atoms with E-state index in [1.807, 2.05) is 0 Å². The lowest BCUT2D eigenvalue weighted by Gasteiger charge is -2.34. The predicted molar refractivity (Wildman–Crippen MR) is 107 cm³/mol. The Morgan fingerprint density at radius 2 is 1.76 bits per heavy atom. The van der Waals surface area contributed by atoms with Gasteiger partial charge >= 0.3 is 6.03 Å². The van der Waals surface area contributed by atoms with E-state index in [0.717, 1.165) is 12.8 Å². The highest BCUT2D eigenvalue weighted by atomic mass is 35.5. The molecule has 152 valence electrons. The molecule has 4 amide bonds. The summed E-state index contributed by atoms with van der Waals surface area (Å²) in [6.45, 7) is 1.65. The van der Waals surface area contributed by atoms with Crippen molar-refractivity contribution in [1.82, 2.24) is 15.1 Å². The standard InChI is InChI=1S/C20H21ClN4O4/c21-16-6-5-14(12-15(16)18(26)22-13-3-4-13)23-20(28)25-9-7-24(8-10-25)19(27)17-2-1-11-29-17/h1-2,5-6,11-13H,3-4,7-10H2,(H,22,26)(H,23,28). The van der Waals surface area contributed by atoms with E-state index < -0.39 is 0 Å². The summed E-state index contributed by atoms with van der Waals surface area (Å²) in [5.41, 5.74) is 0.833. The average molecular weight is 417 g/mol. The average Bonchev–Trinajstić information content (AvgIpc) is 3.37. The first-order valence-electron chi connectivity index (χ1n) is 9.50. The summed E-state index contributed by atoms with van der Waals surface area (Å²) in [6, 6.07) is 8.06. The highest BCUT2D eigenvalue weighted by Gasteiger charge is 2.27. The summed E-state index contributed by atoms with van der Waals surface area (Å²) >= 11 is 6.14. The highest BCUT2D eigenvalue weighted by molar-refractivity contribution is 6.34. The van der Waals surface area contributed by atoms with Gasteiger partial charge in [-0.25, -0.2) is 4.79 Å². The number of piperazine rings is 1. The molecule has 9 heteroatoms. The lowest BCUT2D eigenvalue weighted by Crippen LogP contribution is -2.51. The molecule has 0 atom stereocenters. The van der Waals surface area contributed by atoms with Crippen molar-refractivity contribution in [1.29, 1.82) is 0 Å². The quantitative estimate of drug-likeness (QED) is 0.801. The van der Waals surface area contributed by atoms with E-state index in [9.17, 15) is 14.4 Å². The number of furan rings is 1. The number of hydrogen-bond acceptors (Lipinski definition) is 4. The maximum atomic E-state index is 12.6. The van der Waals surface area contributed by atoms with Gasteiger partial charge in [-0.3, -0.25) is 9.59 Å². The van der Waals surface area contributed by atoms with Crippen LogP contribution in [0.2, 0.25) is 5.02 Å². The maximum absolute atomic E-state index is 12.6. The van der Waals surface area contributed by atoms with Crippen molar-refractivity contribution < 1.29 is 18.8 Å².